The van der Waals surface area contributed by atoms with Crippen LogP contribution >= 0.6 is 0 Å². The first kappa shape index (κ1) is 16.4. The van der Waals surface area contributed by atoms with E-state index in [0.29, 0.717) is 18.8 Å². The van der Waals surface area contributed by atoms with Gasteiger partial charge in [0.05, 0.1) is 0 Å². The van der Waals surface area contributed by atoms with Crippen molar-refractivity contribution in [3.63, 3.8) is 0 Å². The molecular formula is C14H21FN2O3S. The van der Waals surface area contributed by atoms with E-state index in [1.807, 2.05) is 6.92 Å². The van der Waals surface area contributed by atoms with Crippen molar-refractivity contribution < 1.29 is 17.5 Å². The summed E-state index contributed by atoms with van der Waals surface area (Å²) >= 11 is 0. The van der Waals surface area contributed by atoms with Gasteiger partial charge < -0.3 is 10.5 Å². The zero-order valence-electron chi connectivity index (χ0n) is 12.1. The summed E-state index contributed by atoms with van der Waals surface area (Å²) in [6, 6.07) is 3.94. The molecule has 0 atom stereocenters. The van der Waals surface area contributed by atoms with Crippen LogP contribution in [0.25, 0.3) is 0 Å². The van der Waals surface area contributed by atoms with Gasteiger partial charge in [-0.25, -0.2) is 17.5 Å². The van der Waals surface area contributed by atoms with Crippen molar-refractivity contribution in [2.24, 2.45) is 11.1 Å². The third-order valence-corrected chi connectivity index (χ3v) is 5.34. The van der Waals surface area contributed by atoms with Gasteiger partial charge >= 0.3 is 0 Å². The van der Waals surface area contributed by atoms with Crippen LogP contribution in [-0.2, 0) is 21.3 Å². The third-order valence-electron chi connectivity index (χ3n) is 3.91. The van der Waals surface area contributed by atoms with Crippen LogP contribution in [0.1, 0.15) is 25.3 Å². The highest BCUT2D eigenvalue weighted by atomic mass is 32.2. The first-order valence-electron chi connectivity index (χ1n) is 6.92. The highest BCUT2D eigenvalue weighted by molar-refractivity contribution is 7.89. The number of ether oxygens (including phenoxy) is 1. The molecule has 1 aromatic carbocycles. The monoisotopic (exact) mass is 316 g/mol. The van der Waals surface area contributed by atoms with Crippen molar-refractivity contribution in [2.75, 3.05) is 19.8 Å². The zero-order chi connectivity index (χ0) is 15.5. The molecule has 2 rings (SSSR count). The number of halogens is 1. The van der Waals surface area contributed by atoms with E-state index < -0.39 is 15.8 Å². The van der Waals surface area contributed by atoms with Gasteiger partial charge in [-0.2, -0.15) is 0 Å². The van der Waals surface area contributed by atoms with Crippen molar-refractivity contribution in [2.45, 2.75) is 31.2 Å². The fourth-order valence-electron chi connectivity index (χ4n) is 2.28. The molecule has 1 aromatic rings. The van der Waals surface area contributed by atoms with E-state index in [2.05, 4.69) is 4.72 Å². The fraction of sp³-hybridized carbons (Fsp3) is 0.571. The van der Waals surface area contributed by atoms with Gasteiger partial charge in [0.2, 0.25) is 10.0 Å². The average Bonchev–Trinajstić information content (AvgIpc) is 2.46. The fourth-order valence-corrected chi connectivity index (χ4v) is 3.53. The summed E-state index contributed by atoms with van der Waals surface area (Å²) in [6.45, 7) is 3.70. The summed E-state index contributed by atoms with van der Waals surface area (Å²) in [5.41, 5.74) is 5.81. The van der Waals surface area contributed by atoms with E-state index in [1.165, 1.54) is 12.1 Å². The molecule has 7 heteroatoms. The van der Waals surface area contributed by atoms with Gasteiger partial charge in [-0.15, -0.1) is 0 Å². The molecule has 0 saturated carbocycles. The van der Waals surface area contributed by atoms with Crippen LogP contribution in [0, 0.1) is 11.2 Å². The van der Waals surface area contributed by atoms with Crippen LogP contribution in [-0.4, -0.2) is 28.2 Å². The van der Waals surface area contributed by atoms with E-state index in [1.54, 1.807) is 0 Å². The summed E-state index contributed by atoms with van der Waals surface area (Å²) in [6.07, 6.45) is 1.56. The predicted molar refractivity (Wildman–Crippen MR) is 77.6 cm³/mol. The predicted octanol–water partition coefficient (Wildman–Crippen LogP) is 1.38. The van der Waals surface area contributed by atoms with Crippen molar-refractivity contribution in [3.8, 4) is 0 Å². The second-order valence-corrected chi connectivity index (χ2v) is 7.45. The molecule has 0 aromatic heterocycles. The number of rotatable bonds is 5. The molecule has 1 aliphatic heterocycles. The molecular weight excluding hydrogens is 295 g/mol. The summed E-state index contributed by atoms with van der Waals surface area (Å²) in [5, 5.41) is 0. The third kappa shape index (κ3) is 4.00. The van der Waals surface area contributed by atoms with Crippen molar-refractivity contribution in [1.29, 1.82) is 0 Å². The number of hydrogen-bond acceptors (Lipinski definition) is 4. The lowest BCUT2D eigenvalue weighted by Gasteiger charge is -2.33. The maximum Gasteiger partial charge on any atom is 0.243 e. The summed E-state index contributed by atoms with van der Waals surface area (Å²) in [5.74, 6) is -0.775. The molecule has 5 nitrogen and oxygen atoms in total. The first-order valence-corrected chi connectivity index (χ1v) is 8.41. The Bertz CT molecular complexity index is 598. The molecule has 21 heavy (non-hydrogen) atoms. The van der Waals surface area contributed by atoms with Crippen LogP contribution < -0.4 is 10.5 Å². The second kappa shape index (κ2) is 6.39. The first-order chi connectivity index (χ1) is 9.86. The van der Waals surface area contributed by atoms with Gasteiger partial charge in [0.25, 0.3) is 0 Å². The Kier molecular flexibility index (Phi) is 4.98. The number of sulfonamides is 1. The highest BCUT2D eigenvalue weighted by Gasteiger charge is 2.30. The Balaban J connectivity index is 2.11. The minimum atomic E-state index is -3.86. The van der Waals surface area contributed by atoms with Crippen molar-refractivity contribution in [3.05, 3.63) is 29.6 Å². The Hall–Kier alpha value is -1.02. The quantitative estimate of drug-likeness (QED) is 0.860. The molecule has 118 valence electrons. The summed E-state index contributed by atoms with van der Waals surface area (Å²) < 4.78 is 46.1. The van der Waals surface area contributed by atoms with E-state index in [-0.39, 0.29) is 23.4 Å². The number of nitrogens with one attached hydrogen (secondary N) is 1. The molecule has 0 aliphatic carbocycles. The standard InChI is InChI=1S/C14H21FN2O3S/c1-14(4-6-20-7-5-14)10-17-21(18,19)13-3-2-11(9-16)8-12(13)15/h2-3,8,17H,4-7,9-10,16H2,1H3. The van der Waals surface area contributed by atoms with E-state index in [9.17, 15) is 12.8 Å². The van der Waals surface area contributed by atoms with Crippen LogP contribution in [0.2, 0.25) is 0 Å². The van der Waals surface area contributed by atoms with Gasteiger partial charge in [-0.05, 0) is 36.0 Å². The number of hydrogen-bond donors (Lipinski definition) is 2. The molecule has 1 saturated heterocycles. The highest BCUT2D eigenvalue weighted by Crippen LogP contribution is 2.29. The Morgan fingerprint density at radius 1 is 1.38 bits per heavy atom. The van der Waals surface area contributed by atoms with Crippen molar-refractivity contribution >= 4 is 10.0 Å². The molecule has 0 unspecified atom stereocenters. The van der Waals surface area contributed by atoms with Crippen LogP contribution in [0.5, 0.6) is 0 Å². The molecule has 0 bridgehead atoms. The van der Waals surface area contributed by atoms with E-state index in [0.717, 1.165) is 18.9 Å². The summed E-state index contributed by atoms with van der Waals surface area (Å²) in [7, 11) is -3.86. The van der Waals surface area contributed by atoms with E-state index in [4.69, 9.17) is 10.5 Å². The molecule has 0 radical (unpaired) electrons. The molecule has 3 N–H and O–H groups in total. The molecule has 1 aliphatic rings. The minimum absolute atomic E-state index is 0.154. The van der Waals surface area contributed by atoms with Crippen LogP contribution in [0.4, 0.5) is 4.39 Å². The maximum atomic E-state index is 13.9. The largest absolute Gasteiger partial charge is 0.381 e. The van der Waals surface area contributed by atoms with Gasteiger partial charge in [-0.3, -0.25) is 0 Å². The second-order valence-electron chi connectivity index (χ2n) is 5.72. The van der Waals surface area contributed by atoms with Gasteiger partial charge in [0.15, 0.2) is 0 Å². The summed E-state index contributed by atoms with van der Waals surface area (Å²) in [4.78, 5) is -0.338. The Labute approximate surface area is 124 Å². The number of benzene rings is 1. The van der Waals surface area contributed by atoms with Gasteiger partial charge in [-0.1, -0.05) is 13.0 Å². The maximum absolute atomic E-state index is 13.9. The number of nitrogens with two attached hydrogens (primary N) is 1. The minimum Gasteiger partial charge on any atom is -0.381 e. The normalized spacial score (nSPS) is 18.6. The zero-order valence-corrected chi connectivity index (χ0v) is 12.9. The molecule has 1 fully saturated rings. The Morgan fingerprint density at radius 2 is 2.05 bits per heavy atom. The lowest BCUT2D eigenvalue weighted by Crippen LogP contribution is -2.39. The van der Waals surface area contributed by atoms with Crippen molar-refractivity contribution in [1.82, 2.24) is 4.72 Å². The van der Waals surface area contributed by atoms with Gasteiger partial charge in [0.1, 0.15) is 10.7 Å². The van der Waals surface area contributed by atoms with Crippen LogP contribution in [0.15, 0.2) is 23.1 Å². The lowest BCUT2D eigenvalue weighted by molar-refractivity contribution is 0.0264. The smallest absolute Gasteiger partial charge is 0.243 e. The van der Waals surface area contributed by atoms with E-state index >= 15 is 0 Å². The Morgan fingerprint density at radius 3 is 2.62 bits per heavy atom. The van der Waals surface area contributed by atoms with Gasteiger partial charge in [0, 0.05) is 26.3 Å². The SMILES string of the molecule is CC1(CNS(=O)(=O)c2ccc(CN)cc2F)CCOCC1. The molecule has 0 spiro atoms. The van der Waals surface area contributed by atoms with Crippen LogP contribution in [0.3, 0.4) is 0 Å². The molecule has 0 amide bonds. The lowest BCUT2D eigenvalue weighted by atomic mass is 9.83. The topological polar surface area (TPSA) is 81.4 Å². The average molecular weight is 316 g/mol. The molecule has 1 heterocycles.